The molecule has 0 aliphatic heterocycles. The first kappa shape index (κ1) is 9.61. The molecule has 0 heterocycles. The number of hydrogen-bond acceptors (Lipinski definition) is 3. The molecule has 0 aliphatic rings. The Labute approximate surface area is 63.6 Å². The molecule has 1 amide bonds. The highest BCUT2D eigenvalue weighted by molar-refractivity contribution is 6.36. The normalized spacial score (nSPS) is 8.91. The van der Waals surface area contributed by atoms with Gasteiger partial charge in [0.25, 0.3) is 0 Å². The number of ketones is 1. The van der Waals surface area contributed by atoms with E-state index in [4.69, 9.17) is 5.11 Å². The molecule has 0 atom stereocenters. The van der Waals surface area contributed by atoms with Crippen molar-refractivity contribution in [3.8, 4) is 0 Å². The van der Waals surface area contributed by atoms with E-state index in [2.05, 4.69) is 0 Å². The van der Waals surface area contributed by atoms with Gasteiger partial charge in [0.15, 0.2) is 0 Å². The number of hydrogen-bond donors (Lipinski definition) is 1. The van der Waals surface area contributed by atoms with Gasteiger partial charge in [0.1, 0.15) is 0 Å². The van der Waals surface area contributed by atoms with Gasteiger partial charge in [0.05, 0.1) is 6.42 Å². The summed E-state index contributed by atoms with van der Waals surface area (Å²) < 4.78 is 0. The number of aliphatic carboxylic acids is 1. The molecule has 0 fully saturated rings. The molecule has 0 aromatic rings. The van der Waals surface area contributed by atoms with Crippen molar-refractivity contribution in [2.75, 3.05) is 14.1 Å². The van der Waals surface area contributed by atoms with E-state index in [9.17, 15) is 14.4 Å². The Morgan fingerprint density at radius 1 is 1.27 bits per heavy atom. The molecule has 5 nitrogen and oxygen atoms in total. The highest BCUT2D eigenvalue weighted by Gasteiger charge is 2.16. The average molecular weight is 159 g/mol. The molecule has 0 spiro atoms. The number of Topliss-reactive ketones (excluding diaryl/α,β-unsaturated/α-hetero) is 1. The monoisotopic (exact) mass is 159 g/mol. The largest absolute Gasteiger partial charge is 0.475 e. The van der Waals surface area contributed by atoms with Crippen LogP contribution in [0.1, 0.15) is 6.42 Å². The zero-order valence-corrected chi connectivity index (χ0v) is 6.33. The summed E-state index contributed by atoms with van der Waals surface area (Å²) in [5.74, 6) is -3.15. The molecule has 0 radical (unpaired) electrons. The fourth-order valence-corrected chi connectivity index (χ4v) is 0.371. The maximum Gasteiger partial charge on any atom is 0.372 e. The molecule has 0 rings (SSSR count). The lowest BCUT2D eigenvalue weighted by molar-refractivity contribution is -0.151. The third-order valence-electron chi connectivity index (χ3n) is 1.05. The molecule has 0 saturated carbocycles. The molecule has 62 valence electrons. The molecule has 1 N–H and O–H groups in total. The van der Waals surface area contributed by atoms with Gasteiger partial charge in [-0.1, -0.05) is 0 Å². The molecule has 5 heteroatoms. The van der Waals surface area contributed by atoms with Gasteiger partial charge in [0.2, 0.25) is 11.7 Å². The van der Waals surface area contributed by atoms with E-state index < -0.39 is 24.1 Å². The maximum absolute atomic E-state index is 10.7. The Morgan fingerprint density at radius 3 is 2.00 bits per heavy atom. The van der Waals surface area contributed by atoms with Crippen molar-refractivity contribution >= 4 is 17.7 Å². The van der Waals surface area contributed by atoms with Crippen molar-refractivity contribution in [2.24, 2.45) is 0 Å². The van der Waals surface area contributed by atoms with E-state index in [-0.39, 0.29) is 0 Å². The Hall–Kier alpha value is -1.39. The lowest BCUT2D eigenvalue weighted by atomic mass is 10.2. The second kappa shape index (κ2) is 3.70. The van der Waals surface area contributed by atoms with Crippen LogP contribution in [0.4, 0.5) is 0 Å². The summed E-state index contributed by atoms with van der Waals surface area (Å²) in [5, 5.41) is 8.09. The van der Waals surface area contributed by atoms with Crippen molar-refractivity contribution in [2.45, 2.75) is 6.42 Å². The number of carboxylic acid groups (broad SMARTS) is 1. The minimum atomic E-state index is -1.57. The van der Waals surface area contributed by atoms with E-state index in [1.54, 1.807) is 0 Å². The number of carbonyl (C=O) groups excluding carboxylic acids is 2. The minimum Gasteiger partial charge on any atom is -0.475 e. The van der Waals surface area contributed by atoms with Gasteiger partial charge in [0, 0.05) is 14.1 Å². The van der Waals surface area contributed by atoms with Gasteiger partial charge in [-0.25, -0.2) is 4.79 Å². The average Bonchev–Trinajstić information content (AvgIpc) is 1.87. The molecule has 0 aromatic heterocycles. The Bertz CT molecular complexity index is 197. The van der Waals surface area contributed by atoms with E-state index in [0.717, 1.165) is 0 Å². The van der Waals surface area contributed by atoms with Gasteiger partial charge >= 0.3 is 5.97 Å². The summed E-state index contributed by atoms with van der Waals surface area (Å²) in [6, 6.07) is 0. The fourth-order valence-electron chi connectivity index (χ4n) is 0.371. The van der Waals surface area contributed by atoms with Crippen LogP contribution in [0.15, 0.2) is 0 Å². The second-order valence-corrected chi connectivity index (χ2v) is 2.19. The van der Waals surface area contributed by atoms with E-state index in [1.165, 1.54) is 19.0 Å². The molecule has 0 saturated heterocycles. The first-order valence-corrected chi connectivity index (χ1v) is 2.91. The van der Waals surface area contributed by atoms with E-state index >= 15 is 0 Å². The summed E-state index contributed by atoms with van der Waals surface area (Å²) in [7, 11) is 2.91. The van der Waals surface area contributed by atoms with E-state index in [0.29, 0.717) is 0 Å². The molecule has 0 aromatic carbocycles. The Morgan fingerprint density at radius 2 is 1.73 bits per heavy atom. The van der Waals surface area contributed by atoms with Crippen molar-refractivity contribution < 1.29 is 19.5 Å². The highest BCUT2D eigenvalue weighted by Crippen LogP contribution is 1.88. The Balaban J connectivity index is 3.96. The number of nitrogens with zero attached hydrogens (tertiary/aromatic N) is 1. The van der Waals surface area contributed by atoms with Crippen LogP contribution in [-0.2, 0) is 14.4 Å². The molecular weight excluding hydrogens is 150 g/mol. The van der Waals surface area contributed by atoms with Gasteiger partial charge in [-0.05, 0) is 0 Å². The lowest BCUT2D eigenvalue weighted by Crippen LogP contribution is -2.27. The van der Waals surface area contributed by atoms with Crippen LogP contribution in [-0.4, -0.2) is 41.8 Å². The molecule has 0 unspecified atom stereocenters. The summed E-state index contributed by atoms with van der Waals surface area (Å²) in [6.07, 6.45) is -0.567. The topological polar surface area (TPSA) is 74.7 Å². The van der Waals surface area contributed by atoms with Crippen molar-refractivity contribution in [3.63, 3.8) is 0 Å². The zero-order chi connectivity index (χ0) is 9.02. The van der Waals surface area contributed by atoms with Crippen LogP contribution < -0.4 is 0 Å². The van der Waals surface area contributed by atoms with Crippen molar-refractivity contribution in [1.82, 2.24) is 4.90 Å². The summed E-state index contributed by atoms with van der Waals surface area (Å²) in [6.45, 7) is 0. The standard InChI is InChI=1S/C6H9NO4/c1-7(2)5(9)3-4(8)6(10)11/h3H2,1-2H3,(H,10,11). The quantitative estimate of drug-likeness (QED) is 0.428. The second-order valence-electron chi connectivity index (χ2n) is 2.19. The van der Waals surface area contributed by atoms with Crippen LogP contribution in [0, 0.1) is 0 Å². The first-order valence-electron chi connectivity index (χ1n) is 2.91. The molecule has 0 aliphatic carbocycles. The van der Waals surface area contributed by atoms with Crippen LogP contribution in [0.3, 0.4) is 0 Å². The Kier molecular flexibility index (Phi) is 3.23. The van der Waals surface area contributed by atoms with Gasteiger partial charge in [-0.15, -0.1) is 0 Å². The number of rotatable bonds is 3. The zero-order valence-electron chi connectivity index (χ0n) is 6.33. The maximum atomic E-state index is 10.7. The van der Waals surface area contributed by atoms with Crippen molar-refractivity contribution in [3.05, 3.63) is 0 Å². The molecule has 11 heavy (non-hydrogen) atoms. The summed E-state index contributed by atoms with van der Waals surface area (Å²) in [5.41, 5.74) is 0. The first-order chi connectivity index (χ1) is 4.95. The number of carbonyl (C=O) groups is 3. The van der Waals surface area contributed by atoms with Gasteiger partial charge < -0.3 is 10.0 Å². The van der Waals surface area contributed by atoms with Crippen LogP contribution >= 0.6 is 0 Å². The number of carboxylic acids is 1. The summed E-state index contributed by atoms with van der Waals surface area (Å²) >= 11 is 0. The minimum absolute atomic E-state index is 0.502. The molecular formula is C6H9NO4. The smallest absolute Gasteiger partial charge is 0.372 e. The van der Waals surface area contributed by atoms with Crippen LogP contribution in [0.5, 0.6) is 0 Å². The van der Waals surface area contributed by atoms with Gasteiger partial charge in [-0.3, -0.25) is 9.59 Å². The predicted molar refractivity (Wildman–Crippen MR) is 36.0 cm³/mol. The third kappa shape index (κ3) is 3.34. The predicted octanol–water partition coefficient (Wildman–Crippen LogP) is -0.882. The third-order valence-corrected chi connectivity index (χ3v) is 1.05. The van der Waals surface area contributed by atoms with Crippen LogP contribution in [0.2, 0.25) is 0 Å². The fraction of sp³-hybridized carbons (Fsp3) is 0.500. The van der Waals surface area contributed by atoms with Crippen LogP contribution in [0.25, 0.3) is 0 Å². The lowest BCUT2D eigenvalue weighted by Gasteiger charge is -2.07. The highest BCUT2D eigenvalue weighted by atomic mass is 16.4. The summed E-state index contributed by atoms with van der Waals surface area (Å²) in [4.78, 5) is 32.2. The van der Waals surface area contributed by atoms with E-state index in [1.807, 2.05) is 0 Å². The number of amides is 1. The van der Waals surface area contributed by atoms with Gasteiger partial charge in [-0.2, -0.15) is 0 Å². The SMILES string of the molecule is CN(C)C(=O)CC(=O)C(=O)O. The molecule has 0 bridgehead atoms. The van der Waals surface area contributed by atoms with Crippen molar-refractivity contribution in [1.29, 1.82) is 0 Å².